The molecule has 2 aliphatic carbocycles. The van der Waals surface area contributed by atoms with Crippen LogP contribution in [0, 0.1) is 11.8 Å². The maximum atomic E-state index is 13.1. The molecule has 5 rings (SSSR count). The Morgan fingerprint density at radius 1 is 1.27 bits per heavy atom. The number of aromatic nitrogens is 3. The van der Waals surface area contributed by atoms with Crippen LogP contribution in [0.3, 0.4) is 0 Å². The van der Waals surface area contributed by atoms with Crippen molar-refractivity contribution in [2.24, 2.45) is 11.8 Å². The van der Waals surface area contributed by atoms with Gasteiger partial charge in [-0.25, -0.2) is 0 Å². The number of hydrogen-bond donors (Lipinski definition) is 0. The number of pyridine rings is 1. The summed E-state index contributed by atoms with van der Waals surface area (Å²) in [6, 6.07) is 1.86. The summed E-state index contributed by atoms with van der Waals surface area (Å²) >= 11 is 0. The molecule has 3 heterocycles. The molecule has 0 spiro atoms. The van der Waals surface area contributed by atoms with Crippen molar-refractivity contribution in [3.8, 4) is 11.1 Å². The lowest BCUT2D eigenvalue weighted by molar-refractivity contribution is -0.142. The first kappa shape index (κ1) is 15.8. The van der Waals surface area contributed by atoms with Crippen molar-refractivity contribution < 1.29 is 4.79 Å². The van der Waals surface area contributed by atoms with Gasteiger partial charge in [0.1, 0.15) is 6.04 Å². The summed E-state index contributed by atoms with van der Waals surface area (Å²) in [5, 5.41) is 4.71. The van der Waals surface area contributed by atoms with Crippen LogP contribution >= 0.6 is 0 Å². The van der Waals surface area contributed by atoms with Crippen LogP contribution in [0.1, 0.15) is 43.8 Å². The van der Waals surface area contributed by atoms with E-state index in [0.717, 1.165) is 31.5 Å². The Labute approximate surface area is 153 Å². The minimum absolute atomic E-state index is 0.203. The number of carbonyl (C=O) groups excluding carboxylic acids is 1. The number of amides is 1. The van der Waals surface area contributed by atoms with Gasteiger partial charge in [0.05, 0.1) is 17.6 Å². The van der Waals surface area contributed by atoms with Gasteiger partial charge in [-0.05, 0) is 29.0 Å². The molecule has 1 fully saturated rings. The van der Waals surface area contributed by atoms with Gasteiger partial charge in [-0.1, -0.05) is 26.8 Å². The van der Waals surface area contributed by atoms with Crippen molar-refractivity contribution in [3.63, 3.8) is 0 Å². The molecule has 5 nitrogen and oxygen atoms in total. The Hall–Kier alpha value is -2.43. The molecule has 1 atom stereocenters. The van der Waals surface area contributed by atoms with E-state index in [-0.39, 0.29) is 17.9 Å². The number of nitrogens with zero attached hydrogens (tertiary/aromatic N) is 4. The van der Waals surface area contributed by atoms with Crippen LogP contribution in [-0.4, -0.2) is 38.7 Å². The Balaban J connectivity index is 1.59. The van der Waals surface area contributed by atoms with Crippen molar-refractivity contribution in [2.45, 2.75) is 39.7 Å². The lowest BCUT2D eigenvalue weighted by Crippen LogP contribution is -2.52. The standard InChI is InChI=1S/C21H24N4O/c1-12(2)20(21(26)24-10-13(3)11-24)25-18-8-14-4-5-17-19(14)15(6-7-22-17)16(18)9-23-25/h4,6-7,9,12-13,20H,5,8,10-11H2,1-3H3. The fourth-order valence-corrected chi connectivity index (χ4v) is 4.67. The molecular formula is C21H24N4O. The first-order valence-corrected chi connectivity index (χ1v) is 9.57. The molecule has 2 aromatic rings. The predicted octanol–water partition coefficient (Wildman–Crippen LogP) is 3.12. The van der Waals surface area contributed by atoms with Gasteiger partial charge in [0, 0.05) is 43.3 Å². The van der Waals surface area contributed by atoms with Gasteiger partial charge < -0.3 is 4.90 Å². The van der Waals surface area contributed by atoms with E-state index in [1.54, 1.807) is 0 Å². The predicted molar refractivity (Wildman–Crippen MR) is 100 cm³/mol. The van der Waals surface area contributed by atoms with E-state index in [1.165, 1.54) is 28.1 Å². The van der Waals surface area contributed by atoms with Gasteiger partial charge in [0.2, 0.25) is 5.91 Å². The molecule has 0 bridgehead atoms. The van der Waals surface area contributed by atoms with E-state index in [0.29, 0.717) is 5.92 Å². The zero-order chi connectivity index (χ0) is 18.0. The summed E-state index contributed by atoms with van der Waals surface area (Å²) in [5.74, 6) is 1.03. The molecule has 26 heavy (non-hydrogen) atoms. The summed E-state index contributed by atoms with van der Waals surface area (Å²) in [6.07, 6.45) is 7.87. The average Bonchev–Trinajstić information content (AvgIpc) is 3.19. The van der Waals surface area contributed by atoms with E-state index in [1.807, 2.05) is 22.0 Å². The SMILES string of the molecule is CC1CN(C(=O)C(C(C)C)n2ncc3c2CC2=CCc4nccc-3c42)C1. The summed E-state index contributed by atoms with van der Waals surface area (Å²) in [6.45, 7) is 8.17. The van der Waals surface area contributed by atoms with E-state index in [4.69, 9.17) is 5.10 Å². The molecule has 3 aliphatic rings. The van der Waals surface area contributed by atoms with Crippen molar-refractivity contribution >= 4 is 11.5 Å². The summed E-state index contributed by atoms with van der Waals surface area (Å²) in [4.78, 5) is 19.7. The fourth-order valence-electron chi connectivity index (χ4n) is 4.67. The average molecular weight is 348 g/mol. The largest absolute Gasteiger partial charge is 0.340 e. The van der Waals surface area contributed by atoms with E-state index in [9.17, 15) is 4.79 Å². The number of allylic oxidation sites excluding steroid dienone is 2. The highest BCUT2D eigenvalue weighted by Gasteiger charge is 2.38. The highest BCUT2D eigenvalue weighted by Crippen LogP contribution is 2.44. The number of rotatable bonds is 3. The van der Waals surface area contributed by atoms with Gasteiger partial charge >= 0.3 is 0 Å². The maximum absolute atomic E-state index is 13.1. The number of likely N-dealkylation sites (tertiary alicyclic amines) is 1. The van der Waals surface area contributed by atoms with Gasteiger partial charge in [-0.3, -0.25) is 14.5 Å². The lowest BCUT2D eigenvalue weighted by Gasteiger charge is -2.40. The number of hydrogen-bond acceptors (Lipinski definition) is 3. The minimum atomic E-state index is -0.226. The third-order valence-electron chi connectivity index (χ3n) is 5.96. The zero-order valence-corrected chi connectivity index (χ0v) is 15.6. The molecule has 2 aromatic heterocycles. The third-order valence-corrected chi connectivity index (χ3v) is 5.96. The molecule has 0 N–H and O–H groups in total. The maximum Gasteiger partial charge on any atom is 0.247 e. The Kier molecular flexibility index (Phi) is 3.36. The first-order chi connectivity index (χ1) is 12.5. The molecule has 1 saturated heterocycles. The van der Waals surface area contributed by atoms with Crippen molar-refractivity contribution in [1.29, 1.82) is 0 Å². The van der Waals surface area contributed by atoms with Gasteiger partial charge in [0.15, 0.2) is 0 Å². The van der Waals surface area contributed by atoms with Gasteiger partial charge in [0.25, 0.3) is 0 Å². The molecule has 0 aromatic carbocycles. The Morgan fingerprint density at radius 3 is 2.81 bits per heavy atom. The first-order valence-electron chi connectivity index (χ1n) is 9.57. The second-order valence-corrected chi connectivity index (χ2v) is 8.28. The third kappa shape index (κ3) is 2.12. The zero-order valence-electron chi connectivity index (χ0n) is 15.6. The monoisotopic (exact) mass is 348 g/mol. The van der Waals surface area contributed by atoms with Crippen molar-refractivity contribution in [2.75, 3.05) is 13.1 Å². The van der Waals surface area contributed by atoms with E-state index in [2.05, 4.69) is 37.9 Å². The molecule has 0 saturated carbocycles. The number of carbonyl (C=O) groups is 1. The second-order valence-electron chi connectivity index (χ2n) is 8.28. The quantitative estimate of drug-likeness (QED) is 0.856. The summed E-state index contributed by atoms with van der Waals surface area (Å²) < 4.78 is 2.01. The minimum Gasteiger partial charge on any atom is -0.340 e. The molecular weight excluding hydrogens is 324 g/mol. The second kappa shape index (κ2) is 5.53. The normalized spacial score (nSPS) is 19.1. The van der Waals surface area contributed by atoms with Crippen LogP contribution in [0.2, 0.25) is 0 Å². The lowest BCUT2D eigenvalue weighted by atomic mass is 9.87. The topological polar surface area (TPSA) is 51.0 Å². The highest BCUT2D eigenvalue weighted by atomic mass is 16.2. The van der Waals surface area contributed by atoms with Crippen LogP contribution < -0.4 is 0 Å². The fraction of sp³-hybridized carbons (Fsp3) is 0.476. The van der Waals surface area contributed by atoms with Crippen molar-refractivity contribution in [3.05, 3.63) is 41.5 Å². The van der Waals surface area contributed by atoms with Gasteiger partial charge in [-0.15, -0.1) is 0 Å². The Bertz CT molecular complexity index is 933. The molecule has 1 unspecified atom stereocenters. The van der Waals surface area contributed by atoms with Crippen LogP contribution in [-0.2, 0) is 17.6 Å². The van der Waals surface area contributed by atoms with Crippen LogP contribution in [0.25, 0.3) is 16.7 Å². The van der Waals surface area contributed by atoms with Crippen LogP contribution in [0.15, 0.2) is 24.5 Å². The summed E-state index contributed by atoms with van der Waals surface area (Å²) in [5.41, 5.74) is 7.36. The van der Waals surface area contributed by atoms with Crippen LogP contribution in [0.4, 0.5) is 0 Å². The number of fused-ring (bicyclic) bond motifs is 2. The molecule has 1 aliphatic heterocycles. The molecule has 5 heteroatoms. The van der Waals surface area contributed by atoms with Crippen molar-refractivity contribution in [1.82, 2.24) is 19.7 Å². The van der Waals surface area contributed by atoms with E-state index >= 15 is 0 Å². The van der Waals surface area contributed by atoms with Gasteiger partial charge in [-0.2, -0.15) is 5.10 Å². The Morgan fingerprint density at radius 2 is 2.08 bits per heavy atom. The highest BCUT2D eigenvalue weighted by molar-refractivity contribution is 5.91. The van der Waals surface area contributed by atoms with E-state index < -0.39 is 0 Å². The smallest absolute Gasteiger partial charge is 0.247 e. The summed E-state index contributed by atoms with van der Waals surface area (Å²) in [7, 11) is 0. The molecule has 134 valence electrons. The molecule has 1 amide bonds. The van der Waals surface area contributed by atoms with Crippen LogP contribution in [0.5, 0.6) is 0 Å². The molecule has 0 radical (unpaired) electrons.